The molecule has 21 heavy (non-hydrogen) atoms. The van der Waals surface area contributed by atoms with Crippen molar-refractivity contribution < 1.29 is 12.9 Å². The van der Waals surface area contributed by atoms with E-state index in [1.165, 1.54) is 0 Å². The fourth-order valence-corrected chi connectivity index (χ4v) is 3.64. The van der Waals surface area contributed by atoms with Crippen molar-refractivity contribution in [2.45, 2.75) is 18.7 Å². The number of para-hydroxylation sites is 1. The van der Waals surface area contributed by atoms with Gasteiger partial charge in [-0.25, -0.2) is 8.42 Å². The Labute approximate surface area is 121 Å². The molecule has 0 fully saturated rings. The lowest BCUT2D eigenvalue weighted by Gasteiger charge is -2.09. The average Bonchev–Trinajstić information content (AvgIpc) is 2.79. The van der Waals surface area contributed by atoms with Crippen molar-refractivity contribution >= 4 is 26.6 Å². The van der Waals surface area contributed by atoms with Crippen LogP contribution in [0.5, 0.6) is 0 Å². The van der Waals surface area contributed by atoms with Crippen LogP contribution in [-0.4, -0.2) is 18.6 Å². The number of aryl methyl sites for hydroxylation is 2. The summed E-state index contributed by atoms with van der Waals surface area (Å²) in [5.74, 6) is 0.258. The molecule has 2 heterocycles. The summed E-state index contributed by atoms with van der Waals surface area (Å²) < 4.78 is 32.5. The molecule has 0 radical (unpaired) electrons. The van der Waals surface area contributed by atoms with E-state index in [0.717, 1.165) is 5.39 Å². The number of rotatable bonds is 3. The minimum Gasteiger partial charge on any atom is -0.360 e. The number of sulfonamides is 1. The van der Waals surface area contributed by atoms with E-state index in [0.29, 0.717) is 16.9 Å². The molecule has 0 unspecified atom stereocenters. The first-order valence-electron chi connectivity index (χ1n) is 6.28. The van der Waals surface area contributed by atoms with E-state index < -0.39 is 10.0 Å². The van der Waals surface area contributed by atoms with E-state index in [1.54, 1.807) is 38.2 Å². The first-order chi connectivity index (χ1) is 9.99. The standard InChI is InChI=1S/C14H13N3O3S/c1-9-14(10(2)20-16-9)21(18,19)17-12-7-3-5-11-6-4-8-15-13(11)12/h3-8,17H,1-2H3. The van der Waals surface area contributed by atoms with Crippen LogP contribution in [0.15, 0.2) is 45.9 Å². The number of hydrogen-bond donors (Lipinski definition) is 1. The Morgan fingerprint density at radius 1 is 1.14 bits per heavy atom. The van der Waals surface area contributed by atoms with E-state index in [9.17, 15) is 8.42 Å². The number of benzene rings is 1. The molecule has 0 aliphatic heterocycles. The summed E-state index contributed by atoms with van der Waals surface area (Å²) in [4.78, 5) is 4.29. The van der Waals surface area contributed by atoms with Crippen LogP contribution in [0.1, 0.15) is 11.5 Å². The molecule has 0 amide bonds. The van der Waals surface area contributed by atoms with Gasteiger partial charge in [-0.2, -0.15) is 0 Å². The summed E-state index contributed by atoms with van der Waals surface area (Å²) in [5.41, 5.74) is 1.34. The van der Waals surface area contributed by atoms with Crippen LogP contribution in [0.2, 0.25) is 0 Å². The molecule has 3 aromatic rings. The smallest absolute Gasteiger partial charge is 0.267 e. The lowest BCUT2D eigenvalue weighted by atomic mass is 10.2. The van der Waals surface area contributed by atoms with E-state index in [2.05, 4.69) is 14.9 Å². The first kappa shape index (κ1) is 13.6. The van der Waals surface area contributed by atoms with Gasteiger partial charge in [0, 0.05) is 11.6 Å². The Morgan fingerprint density at radius 3 is 2.62 bits per heavy atom. The predicted molar refractivity (Wildman–Crippen MR) is 78.5 cm³/mol. The van der Waals surface area contributed by atoms with Gasteiger partial charge in [0.1, 0.15) is 5.69 Å². The lowest BCUT2D eigenvalue weighted by Crippen LogP contribution is -2.14. The molecule has 0 spiro atoms. The van der Waals surface area contributed by atoms with Crippen molar-refractivity contribution in [2.75, 3.05) is 4.72 Å². The number of fused-ring (bicyclic) bond motifs is 1. The Balaban J connectivity index is 2.10. The van der Waals surface area contributed by atoms with Crippen LogP contribution in [0, 0.1) is 13.8 Å². The highest BCUT2D eigenvalue weighted by Gasteiger charge is 2.24. The van der Waals surface area contributed by atoms with Crippen LogP contribution < -0.4 is 4.72 Å². The normalized spacial score (nSPS) is 11.7. The van der Waals surface area contributed by atoms with Crippen LogP contribution in [0.3, 0.4) is 0 Å². The van der Waals surface area contributed by atoms with Gasteiger partial charge in [0.25, 0.3) is 10.0 Å². The van der Waals surface area contributed by atoms with Crippen LogP contribution >= 0.6 is 0 Å². The van der Waals surface area contributed by atoms with Gasteiger partial charge in [-0.1, -0.05) is 23.4 Å². The molecule has 2 aromatic heterocycles. The van der Waals surface area contributed by atoms with Crippen molar-refractivity contribution in [1.29, 1.82) is 0 Å². The van der Waals surface area contributed by atoms with Crippen LogP contribution in [0.25, 0.3) is 10.9 Å². The van der Waals surface area contributed by atoms with Gasteiger partial charge in [0.15, 0.2) is 10.7 Å². The molecule has 1 N–H and O–H groups in total. The molecule has 0 aliphatic carbocycles. The first-order valence-corrected chi connectivity index (χ1v) is 7.77. The second-order valence-electron chi connectivity index (χ2n) is 4.64. The molecule has 0 atom stereocenters. The quantitative estimate of drug-likeness (QED) is 0.804. The molecule has 0 saturated heterocycles. The zero-order valence-corrected chi connectivity index (χ0v) is 12.3. The Morgan fingerprint density at radius 2 is 1.90 bits per heavy atom. The number of nitrogens with one attached hydrogen (secondary N) is 1. The zero-order chi connectivity index (χ0) is 15.0. The average molecular weight is 303 g/mol. The largest absolute Gasteiger partial charge is 0.360 e. The fourth-order valence-electron chi connectivity index (χ4n) is 2.24. The number of pyridine rings is 1. The van der Waals surface area contributed by atoms with Gasteiger partial charge in [0.05, 0.1) is 11.2 Å². The molecule has 3 rings (SSSR count). The third kappa shape index (κ3) is 2.36. The number of aromatic nitrogens is 2. The monoisotopic (exact) mass is 303 g/mol. The SMILES string of the molecule is Cc1noc(C)c1S(=O)(=O)Nc1cccc2cccnc12. The van der Waals surface area contributed by atoms with E-state index in [-0.39, 0.29) is 10.7 Å². The van der Waals surface area contributed by atoms with Gasteiger partial charge in [-0.05, 0) is 26.0 Å². The second kappa shape index (κ2) is 4.85. The maximum Gasteiger partial charge on any atom is 0.267 e. The second-order valence-corrected chi connectivity index (χ2v) is 6.26. The predicted octanol–water partition coefficient (Wildman–Crippen LogP) is 2.64. The maximum absolute atomic E-state index is 12.5. The molecule has 7 heteroatoms. The van der Waals surface area contributed by atoms with E-state index >= 15 is 0 Å². The van der Waals surface area contributed by atoms with Crippen molar-refractivity contribution in [3.05, 3.63) is 48.0 Å². The summed E-state index contributed by atoms with van der Waals surface area (Å²) in [6.07, 6.45) is 1.62. The molecule has 0 bridgehead atoms. The zero-order valence-electron chi connectivity index (χ0n) is 11.5. The molecule has 0 saturated carbocycles. The van der Waals surface area contributed by atoms with Gasteiger partial charge in [-0.3, -0.25) is 9.71 Å². The molecule has 108 valence electrons. The van der Waals surface area contributed by atoms with Crippen molar-refractivity contribution in [3.8, 4) is 0 Å². The number of anilines is 1. The van der Waals surface area contributed by atoms with Crippen LogP contribution in [-0.2, 0) is 10.0 Å². The highest BCUT2D eigenvalue weighted by Crippen LogP contribution is 2.26. The lowest BCUT2D eigenvalue weighted by molar-refractivity contribution is 0.390. The Bertz CT molecular complexity index is 891. The maximum atomic E-state index is 12.5. The van der Waals surface area contributed by atoms with Gasteiger partial charge < -0.3 is 4.52 Å². The van der Waals surface area contributed by atoms with Crippen LogP contribution in [0.4, 0.5) is 5.69 Å². The van der Waals surface area contributed by atoms with Crippen molar-refractivity contribution in [3.63, 3.8) is 0 Å². The minimum atomic E-state index is -3.77. The van der Waals surface area contributed by atoms with Gasteiger partial charge >= 0.3 is 0 Å². The number of hydrogen-bond acceptors (Lipinski definition) is 5. The van der Waals surface area contributed by atoms with Gasteiger partial charge in [-0.15, -0.1) is 0 Å². The minimum absolute atomic E-state index is 0.0652. The highest BCUT2D eigenvalue weighted by molar-refractivity contribution is 7.92. The Kier molecular flexibility index (Phi) is 3.13. The topological polar surface area (TPSA) is 85.1 Å². The summed E-state index contributed by atoms with van der Waals surface area (Å²) in [5, 5.41) is 4.53. The third-order valence-corrected chi connectivity index (χ3v) is 4.72. The summed E-state index contributed by atoms with van der Waals surface area (Å²) in [6.45, 7) is 3.16. The summed E-state index contributed by atoms with van der Waals surface area (Å²) >= 11 is 0. The van der Waals surface area contributed by atoms with Gasteiger partial charge in [0.2, 0.25) is 0 Å². The summed E-state index contributed by atoms with van der Waals surface area (Å²) in [7, 11) is -3.77. The van der Waals surface area contributed by atoms with Crippen molar-refractivity contribution in [1.82, 2.24) is 10.1 Å². The fraction of sp³-hybridized carbons (Fsp3) is 0.143. The third-order valence-electron chi connectivity index (χ3n) is 3.11. The van der Waals surface area contributed by atoms with E-state index in [4.69, 9.17) is 4.52 Å². The number of nitrogens with zero attached hydrogens (tertiary/aromatic N) is 2. The molecule has 1 aromatic carbocycles. The molecular weight excluding hydrogens is 290 g/mol. The Hall–Kier alpha value is -2.41. The molecular formula is C14H13N3O3S. The highest BCUT2D eigenvalue weighted by atomic mass is 32.2. The molecule has 0 aliphatic rings. The molecule has 6 nitrogen and oxygen atoms in total. The van der Waals surface area contributed by atoms with E-state index in [1.807, 2.05) is 12.1 Å². The summed E-state index contributed by atoms with van der Waals surface area (Å²) in [6, 6.07) is 8.99. The van der Waals surface area contributed by atoms with Crippen molar-refractivity contribution in [2.24, 2.45) is 0 Å².